The number of halogens is 2. The molecule has 0 aliphatic rings. The molecule has 0 saturated carbocycles. The Kier molecular flexibility index (Phi) is 5.70. The van der Waals surface area contributed by atoms with Crippen molar-refractivity contribution in [2.45, 2.75) is 13.2 Å². The summed E-state index contributed by atoms with van der Waals surface area (Å²) in [4.78, 5) is 0. The van der Waals surface area contributed by atoms with Crippen molar-refractivity contribution >= 4 is 39.7 Å². The minimum absolute atomic E-state index is 0.529. The van der Waals surface area contributed by atoms with Crippen LogP contribution in [-0.4, -0.2) is 0 Å². The van der Waals surface area contributed by atoms with Crippen LogP contribution < -0.4 is 10.1 Å². The Bertz CT molecular complexity index is 1110. The second-order valence-corrected chi connectivity index (χ2v) is 7.40. The van der Waals surface area contributed by atoms with Crippen molar-refractivity contribution in [2.24, 2.45) is 0 Å². The standard InChI is InChI=1S/C24H19Cl2NO/c25-20-11-12-24(23(26)14-20)27-15-17-5-3-9-21(13-17)28-16-19-8-4-7-18-6-1-2-10-22(18)19/h1-14,27H,15-16H2. The molecular weight excluding hydrogens is 389 g/mol. The van der Waals surface area contributed by atoms with E-state index in [0.29, 0.717) is 23.2 Å². The molecule has 0 spiro atoms. The van der Waals surface area contributed by atoms with Crippen molar-refractivity contribution in [2.75, 3.05) is 5.32 Å². The summed E-state index contributed by atoms with van der Waals surface area (Å²) in [5, 5.41) is 7.01. The molecule has 4 aromatic carbocycles. The Morgan fingerprint density at radius 2 is 1.61 bits per heavy atom. The SMILES string of the molecule is Clc1ccc(NCc2cccc(OCc3cccc4ccccc34)c2)c(Cl)c1. The Morgan fingerprint density at radius 3 is 2.50 bits per heavy atom. The van der Waals surface area contributed by atoms with Crippen molar-refractivity contribution in [1.29, 1.82) is 0 Å². The van der Waals surface area contributed by atoms with Gasteiger partial charge in [0.2, 0.25) is 0 Å². The Labute approximate surface area is 174 Å². The van der Waals surface area contributed by atoms with Crippen LogP contribution in [0.1, 0.15) is 11.1 Å². The smallest absolute Gasteiger partial charge is 0.120 e. The number of benzene rings is 4. The van der Waals surface area contributed by atoms with Gasteiger partial charge in [-0.25, -0.2) is 0 Å². The van der Waals surface area contributed by atoms with Crippen LogP contribution in [0.15, 0.2) is 84.9 Å². The summed E-state index contributed by atoms with van der Waals surface area (Å²) >= 11 is 12.2. The van der Waals surface area contributed by atoms with E-state index in [2.05, 4.69) is 53.8 Å². The predicted octanol–water partition coefficient (Wildman–Crippen LogP) is 7.34. The van der Waals surface area contributed by atoms with Gasteiger partial charge in [-0.1, -0.05) is 77.8 Å². The molecular formula is C24H19Cl2NO. The number of anilines is 1. The minimum atomic E-state index is 0.529. The monoisotopic (exact) mass is 407 g/mol. The quantitative estimate of drug-likeness (QED) is 0.360. The fourth-order valence-corrected chi connectivity index (χ4v) is 3.63. The summed E-state index contributed by atoms with van der Waals surface area (Å²) in [5.74, 6) is 0.842. The van der Waals surface area contributed by atoms with Crippen LogP contribution in [0.25, 0.3) is 10.8 Å². The van der Waals surface area contributed by atoms with Crippen LogP contribution >= 0.6 is 23.2 Å². The summed E-state index contributed by atoms with van der Waals surface area (Å²) in [6.07, 6.45) is 0. The maximum atomic E-state index is 6.22. The van der Waals surface area contributed by atoms with E-state index in [4.69, 9.17) is 27.9 Å². The maximum Gasteiger partial charge on any atom is 0.120 e. The molecule has 140 valence electrons. The highest BCUT2D eigenvalue weighted by molar-refractivity contribution is 6.36. The molecule has 4 aromatic rings. The average Bonchev–Trinajstić information content (AvgIpc) is 2.72. The average molecular weight is 408 g/mol. The zero-order valence-electron chi connectivity index (χ0n) is 15.2. The largest absolute Gasteiger partial charge is 0.489 e. The summed E-state index contributed by atoms with van der Waals surface area (Å²) in [6, 6.07) is 28.2. The van der Waals surface area contributed by atoms with E-state index in [1.165, 1.54) is 16.3 Å². The van der Waals surface area contributed by atoms with Crippen LogP contribution in [0.5, 0.6) is 5.75 Å². The van der Waals surface area contributed by atoms with Gasteiger partial charge in [-0.3, -0.25) is 0 Å². The number of nitrogens with one attached hydrogen (secondary N) is 1. The van der Waals surface area contributed by atoms with Crippen molar-refractivity contribution < 1.29 is 4.74 Å². The van der Waals surface area contributed by atoms with Crippen LogP contribution in [0.2, 0.25) is 10.0 Å². The first kappa shape index (κ1) is 18.7. The van der Waals surface area contributed by atoms with Crippen molar-refractivity contribution in [3.63, 3.8) is 0 Å². The van der Waals surface area contributed by atoms with Gasteiger partial charge in [-0.05, 0) is 52.2 Å². The molecule has 0 unspecified atom stereocenters. The fourth-order valence-electron chi connectivity index (χ4n) is 3.15. The molecule has 0 bridgehead atoms. The lowest BCUT2D eigenvalue weighted by Gasteiger charge is -2.12. The van der Waals surface area contributed by atoms with Gasteiger partial charge in [-0.2, -0.15) is 0 Å². The maximum absolute atomic E-state index is 6.22. The Balaban J connectivity index is 1.43. The van der Waals surface area contributed by atoms with E-state index < -0.39 is 0 Å². The van der Waals surface area contributed by atoms with Crippen molar-refractivity contribution in [3.05, 3.63) is 106 Å². The molecule has 0 radical (unpaired) electrons. The topological polar surface area (TPSA) is 21.3 Å². The van der Waals surface area contributed by atoms with E-state index >= 15 is 0 Å². The van der Waals surface area contributed by atoms with Crippen LogP contribution in [0, 0.1) is 0 Å². The van der Waals surface area contributed by atoms with Crippen LogP contribution in [-0.2, 0) is 13.2 Å². The first-order valence-electron chi connectivity index (χ1n) is 9.06. The number of hydrogen-bond acceptors (Lipinski definition) is 2. The fraction of sp³-hybridized carbons (Fsp3) is 0.0833. The molecule has 0 saturated heterocycles. The van der Waals surface area contributed by atoms with Crippen molar-refractivity contribution in [3.8, 4) is 5.75 Å². The van der Waals surface area contributed by atoms with Gasteiger partial charge in [-0.15, -0.1) is 0 Å². The third-order valence-corrected chi connectivity index (χ3v) is 5.13. The molecule has 0 aromatic heterocycles. The van der Waals surface area contributed by atoms with Gasteiger partial charge < -0.3 is 10.1 Å². The molecule has 0 aliphatic carbocycles. The number of fused-ring (bicyclic) bond motifs is 1. The molecule has 0 amide bonds. The number of rotatable bonds is 6. The van der Waals surface area contributed by atoms with Gasteiger partial charge >= 0.3 is 0 Å². The number of ether oxygens (including phenoxy) is 1. The zero-order valence-corrected chi connectivity index (χ0v) is 16.7. The molecule has 0 heterocycles. The van der Waals surface area contributed by atoms with E-state index in [9.17, 15) is 0 Å². The molecule has 4 rings (SSSR count). The highest BCUT2D eigenvalue weighted by Crippen LogP contribution is 2.26. The van der Waals surface area contributed by atoms with Gasteiger partial charge in [0.1, 0.15) is 12.4 Å². The molecule has 4 heteroatoms. The van der Waals surface area contributed by atoms with Crippen molar-refractivity contribution in [1.82, 2.24) is 0 Å². The molecule has 1 N–H and O–H groups in total. The first-order chi connectivity index (χ1) is 13.7. The molecule has 0 fully saturated rings. The summed E-state index contributed by atoms with van der Waals surface area (Å²) in [5.41, 5.74) is 3.14. The molecule has 28 heavy (non-hydrogen) atoms. The highest BCUT2D eigenvalue weighted by Gasteiger charge is 2.04. The lowest BCUT2D eigenvalue weighted by molar-refractivity contribution is 0.307. The Hall–Kier alpha value is -2.68. The normalized spacial score (nSPS) is 10.8. The van der Waals surface area contributed by atoms with Crippen LogP contribution in [0.4, 0.5) is 5.69 Å². The predicted molar refractivity (Wildman–Crippen MR) is 119 cm³/mol. The van der Waals surface area contributed by atoms with E-state index in [1.54, 1.807) is 6.07 Å². The minimum Gasteiger partial charge on any atom is -0.489 e. The third kappa shape index (κ3) is 4.41. The second kappa shape index (κ2) is 8.55. The Morgan fingerprint density at radius 1 is 0.786 bits per heavy atom. The zero-order chi connectivity index (χ0) is 19.3. The van der Waals surface area contributed by atoms with Gasteiger partial charge in [0, 0.05) is 11.6 Å². The lowest BCUT2D eigenvalue weighted by atomic mass is 10.1. The first-order valence-corrected chi connectivity index (χ1v) is 9.82. The van der Waals surface area contributed by atoms with E-state index in [1.807, 2.05) is 30.3 Å². The lowest BCUT2D eigenvalue weighted by Crippen LogP contribution is -2.01. The summed E-state index contributed by atoms with van der Waals surface area (Å²) in [7, 11) is 0. The van der Waals surface area contributed by atoms with E-state index in [-0.39, 0.29) is 0 Å². The highest BCUT2D eigenvalue weighted by atomic mass is 35.5. The second-order valence-electron chi connectivity index (χ2n) is 6.55. The summed E-state index contributed by atoms with van der Waals surface area (Å²) < 4.78 is 6.06. The molecule has 0 atom stereocenters. The van der Waals surface area contributed by atoms with Gasteiger partial charge in [0.15, 0.2) is 0 Å². The van der Waals surface area contributed by atoms with Gasteiger partial charge in [0.25, 0.3) is 0 Å². The summed E-state index contributed by atoms with van der Waals surface area (Å²) in [6.45, 7) is 1.17. The molecule has 0 aliphatic heterocycles. The number of hydrogen-bond donors (Lipinski definition) is 1. The van der Waals surface area contributed by atoms with Crippen LogP contribution in [0.3, 0.4) is 0 Å². The third-order valence-electron chi connectivity index (χ3n) is 4.59. The molecule has 2 nitrogen and oxygen atoms in total. The van der Waals surface area contributed by atoms with E-state index in [0.717, 1.165) is 17.0 Å². The van der Waals surface area contributed by atoms with Gasteiger partial charge in [0.05, 0.1) is 10.7 Å².